The number of aliphatic hydroxyl groups excluding tert-OH is 1. The van der Waals surface area contributed by atoms with E-state index in [0.717, 1.165) is 19.3 Å². The highest BCUT2D eigenvalue weighted by Gasteiger charge is 2.32. The Bertz CT molecular complexity index is 364. The van der Waals surface area contributed by atoms with Gasteiger partial charge in [-0.05, 0) is 30.9 Å². The summed E-state index contributed by atoms with van der Waals surface area (Å²) in [5, 5.41) is 9.86. The molecule has 0 bridgehead atoms. The lowest BCUT2D eigenvalue weighted by molar-refractivity contribution is -0.0590. The summed E-state index contributed by atoms with van der Waals surface area (Å²) >= 11 is 0. The van der Waals surface area contributed by atoms with Gasteiger partial charge in [0, 0.05) is 0 Å². The number of rotatable bonds is 2. The Hall–Kier alpha value is -1.35. The fourth-order valence-corrected chi connectivity index (χ4v) is 2.32. The molecule has 1 fully saturated rings. The van der Waals surface area contributed by atoms with Crippen molar-refractivity contribution in [2.75, 3.05) is 0 Å². The second kappa shape index (κ2) is 5.32. The highest BCUT2D eigenvalue weighted by atomic mass is 16.6. The Labute approximate surface area is 101 Å². The number of ether oxygens (including phenoxy) is 1. The first-order valence-electron chi connectivity index (χ1n) is 6.12. The van der Waals surface area contributed by atoms with E-state index < -0.39 is 6.10 Å². The van der Waals surface area contributed by atoms with Gasteiger partial charge in [-0.15, -0.1) is 0 Å². The third-order valence-corrected chi connectivity index (χ3v) is 3.35. The van der Waals surface area contributed by atoms with Gasteiger partial charge in [0.2, 0.25) is 0 Å². The fraction of sp³-hybridized carbons (Fsp3) is 0.500. The van der Waals surface area contributed by atoms with Crippen molar-refractivity contribution >= 4 is 5.97 Å². The average molecular weight is 234 g/mol. The van der Waals surface area contributed by atoms with Crippen LogP contribution in [0.15, 0.2) is 30.3 Å². The molecule has 1 aliphatic carbocycles. The Morgan fingerprint density at radius 3 is 2.65 bits per heavy atom. The van der Waals surface area contributed by atoms with Crippen LogP contribution < -0.4 is 0 Å². The molecule has 1 aromatic rings. The van der Waals surface area contributed by atoms with Crippen LogP contribution in [0.25, 0.3) is 0 Å². The van der Waals surface area contributed by atoms with Crippen LogP contribution in [-0.4, -0.2) is 23.3 Å². The number of hydrogen-bond donors (Lipinski definition) is 1. The molecule has 0 heterocycles. The molecule has 0 amide bonds. The standard InChI is InChI=1S/C14H18O3/c1-10-6-5-9-12(15)13(10)17-14(16)11-7-3-2-4-8-11/h2-4,7-8,10,12-13,15H,5-6,9H2,1H3/t10-,12-,13-/m0/s1. The van der Waals surface area contributed by atoms with Crippen LogP contribution in [0.4, 0.5) is 0 Å². The predicted octanol–water partition coefficient (Wildman–Crippen LogP) is 2.39. The summed E-state index contributed by atoms with van der Waals surface area (Å²) < 4.78 is 5.41. The number of hydrogen-bond acceptors (Lipinski definition) is 3. The molecule has 1 saturated carbocycles. The Morgan fingerprint density at radius 1 is 1.29 bits per heavy atom. The maximum atomic E-state index is 11.9. The van der Waals surface area contributed by atoms with Gasteiger partial charge in [-0.25, -0.2) is 4.79 Å². The fourth-order valence-electron chi connectivity index (χ4n) is 2.32. The lowest BCUT2D eigenvalue weighted by atomic mass is 9.86. The molecule has 0 aliphatic heterocycles. The first-order valence-corrected chi connectivity index (χ1v) is 6.12. The minimum Gasteiger partial charge on any atom is -0.456 e. The molecule has 92 valence electrons. The molecule has 0 saturated heterocycles. The minimum absolute atomic E-state index is 0.228. The van der Waals surface area contributed by atoms with Gasteiger partial charge in [-0.1, -0.05) is 31.5 Å². The highest BCUT2D eigenvalue weighted by Crippen LogP contribution is 2.27. The average Bonchev–Trinajstić information content (AvgIpc) is 2.35. The van der Waals surface area contributed by atoms with Gasteiger partial charge in [0.25, 0.3) is 0 Å². The van der Waals surface area contributed by atoms with Crippen LogP contribution in [0.3, 0.4) is 0 Å². The minimum atomic E-state index is -0.522. The summed E-state index contributed by atoms with van der Waals surface area (Å²) in [7, 11) is 0. The van der Waals surface area contributed by atoms with Gasteiger partial charge in [0.05, 0.1) is 11.7 Å². The third-order valence-electron chi connectivity index (χ3n) is 3.35. The van der Waals surface area contributed by atoms with Crippen LogP contribution in [0.5, 0.6) is 0 Å². The van der Waals surface area contributed by atoms with Crippen LogP contribution in [0, 0.1) is 5.92 Å². The molecule has 3 nitrogen and oxygen atoms in total. The van der Waals surface area contributed by atoms with Crippen LogP contribution in [0.2, 0.25) is 0 Å². The first-order chi connectivity index (χ1) is 8.18. The Morgan fingerprint density at radius 2 is 2.00 bits per heavy atom. The largest absolute Gasteiger partial charge is 0.456 e. The van der Waals surface area contributed by atoms with E-state index >= 15 is 0 Å². The zero-order valence-electron chi connectivity index (χ0n) is 10.0. The van der Waals surface area contributed by atoms with Crippen LogP contribution >= 0.6 is 0 Å². The molecular weight excluding hydrogens is 216 g/mol. The Balaban J connectivity index is 2.03. The number of esters is 1. The molecule has 1 aromatic carbocycles. The van der Waals surface area contributed by atoms with Crippen molar-refractivity contribution in [3.05, 3.63) is 35.9 Å². The lowest BCUT2D eigenvalue weighted by Gasteiger charge is -2.32. The highest BCUT2D eigenvalue weighted by molar-refractivity contribution is 5.89. The van der Waals surface area contributed by atoms with Gasteiger partial charge in [0.15, 0.2) is 0 Å². The van der Waals surface area contributed by atoms with Crippen molar-refractivity contribution in [3.8, 4) is 0 Å². The van der Waals surface area contributed by atoms with Crippen molar-refractivity contribution < 1.29 is 14.6 Å². The smallest absolute Gasteiger partial charge is 0.338 e. The molecule has 2 rings (SSSR count). The van der Waals surface area contributed by atoms with E-state index in [-0.39, 0.29) is 18.0 Å². The molecule has 17 heavy (non-hydrogen) atoms. The van der Waals surface area contributed by atoms with Gasteiger partial charge < -0.3 is 9.84 Å². The van der Waals surface area contributed by atoms with E-state index in [1.807, 2.05) is 13.0 Å². The maximum absolute atomic E-state index is 11.9. The third kappa shape index (κ3) is 2.86. The second-order valence-corrected chi connectivity index (χ2v) is 4.71. The summed E-state index contributed by atoms with van der Waals surface area (Å²) in [6.07, 6.45) is 1.84. The summed E-state index contributed by atoms with van der Waals surface area (Å²) in [5.74, 6) is -0.116. The summed E-state index contributed by atoms with van der Waals surface area (Å²) in [5.41, 5.74) is 0.539. The molecule has 3 atom stereocenters. The van der Waals surface area contributed by atoms with Gasteiger partial charge in [-0.3, -0.25) is 0 Å². The number of carbonyl (C=O) groups is 1. The number of carbonyl (C=O) groups excluding carboxylic acids is 1. The molecule has 0 spiro atoms. The quantitative estimate of drug-likeness (QED) is 0.799. The summed E-state index contributed by atoms with van der Waals surface area (Å²) in [6.45, 7) is 2.02. The monoisotopic (exact) mass is 234 g/mol. The zero-order valence-corrected chi connectivity index (χ0v) is 10.0. The molecular formula is C14H18O3. The first kappa shape index (κ1) is 12.1. The van der Waals surface area contributed by atoms with Gasteiger partial charge in [0.1, 0.15) is 6.10 Å². The van der Waals surface area contributed by atoms with Crippen molar-refractivity contribution in [1.29, 1.82) is 0 Å². The SMILES string of the molecule is C[C@H]1CCC[C@H](O)[C@H]1OC(=O)c1ccccc1. The van der Waals surface area contributed by atoms with E-state index in [1.54, 1.807) is 24.3 Å². The Kier molecular flexibility index (Phi) is 3.79. The predicted molar refractivity (Wildman–Crippen MR) is 64.7 cm³/mol. The summed E-state index contributed by atoms with van der Waals surface area (Å²) in [6, 6.07) is 8.91. The molecule has 0 radical (unpaired) electrons. The van der Waals surface area contributed by atoms with Gasteiger partial charge >= 0.3 is 5.97 Å². The van der Waals surface area contributed by atoms with E-state index in [4.69, 9.17) is 4.74 Å². The molecule has 1 aliphatic rings. The second-order valence-electron chi connectivity index (χ2n) is 4.71. The van der Waals surface area contributed by atoms with Crippen molar-refractivity contribution in [3.63, 3.8) is 0 Å². The molecule has 0 unspecified atom stereocenters. The normalized spacial score (nSPS) is 28.7. The number of aliphatic hydroxyl groups is 1. The van der Waals surface area contributed by atoms with Crippen molar-refractivity contribution in [2.24, 2.45) is 5.92 Å². The zero-order chi connectivity index (χ0) is 12.3. The molecule has 0 aromatic heterocycles. The van der Waals surface area contributed by atoms with E-state index in [1.165, 1.54) is 0 Å². The lowest BCUT2D eigenvalue weighted by Crippen LogP contribution is -2.39. The van der Waals surface area contributed by atoms with Crippen molar-refractivity contribution in [1.82, 2.24) is 0 Å². The van der Waals surface area contributed by atoms with E-state index in [9.17, 15) is 9.90 Å². The molecule has 3 heteroatoms. The summed E-state index contributed by atoms with van der Waals surface area (Å²) in [4.78, 5) is 11.9. The van der Waals surface area contributed by atoms with E-state index in [2.05, 4.69) is 0 Å². The van der Waals surface area contributed by atoms with Crippen LogP contribution in [0.1, 0.15) is 36.5 Å². The van der Waals surface area contributed by atoms with Gasteiger partial charge in [-0.2, -0.15) is 0 Å². The topological polar surface area (TPSA) is 46.5 Å². The number of benzene rings is 1. The van der Waals surface area contributed by atoms with Crippen molar-refractivity contribution in [2.45, 2.75) is 38.4 Å². The van der Waals surface area contributed by atoms with Crippen LogP contribution in [-0.2, 0) is 4.74 Å². The maximum Gasteiger partial charge on any atom is 0.338 e. The van der Waals surface area contributed by atoms with E-state index in [0.29, 0.717) is 5.56 Å². The molecule has 1 N–H and O–H groups in total.